The number of nitriles is 1. The first-order chi connectivity index (χ1) is 22.6. The summed E-state index contributed by atoms with van der Waals surface area (Å²) in [6, 6.07) is 14.4. The molecule has 2 saturated carbocycles. The first kappa shape index (κ1) is 28.2. The Balaban J connectivity index is 1.05. The van der Waals surface area contributed by atoms with Crippen LogP contribution in [0.5, 0.6) is 0 Å². The van der Waals surface area contributed by atoms with Crippen LogP contribution in [0.2, 0.25) is 0 Å². The number of anilines is 4. The standard InChI is InChI=1S/C36H36N10/c1-23-21-45(33-30(23)19-39-35(43-33)41-27-8-6-14-38-18-27)29-13-12-24(16-29)15-26-22-46(28-9-3-4-10-28)34-31(26)20-40-36(44-34)42-32-11-5-2-7-25(32)17-37/h2,5-8,11,14,18-22,24,28-29H,3-4,9-10,12-13,15-16H2,1H3,(H,39,41,43)(H,40,42,44). The number of pyridine rings is 1. The number of nitrogens with one attached hydrogen (secondary N) is 2. The van der Waals surface area contributed by atoms with E-state index in [1.54, 1.807) is 18.5 Å². The van der Waals surface area contributed by atoms with Gasteiger partial charge in [0.05, 0.1) is 23.1 Å². The Labute approximate surface area is 267 Å². The van der Waals surface area contributed by atoms with Crippen LogP contribution in [0.1, 0.15) is 73.7 Å². The Morgan fingerprint density at radius 1 is 0.826 bits per heavy atom. The Bertz CT molecular complexity index is 2070. The lowest BCUT2D eigenvalue weighted by atomic mass is 9.98. The molecule has 2 N–H and O–H groups in total. The molecule has 0 radical (unpaired) electrons. The van der Waals surface area contributed by atoms with Crippen molar-refractivity contribution >= 4 is 45.3 Å². The van der Waals surface area contributed by atoms with Crippen molar-refractivity contribution in [3.05, 3.63) is 90.3 Å². The van der Waals surface area contributed by atoms with Gasteiger partial charge in [0.1, 0.15) is 17.4 Å². The molecule has 8 rings (SSSR count). The molecule has 230 valence electrons. The molecule has 10 heteroatoms. The van der Waals surface area contributed by atoms with E-state index >= 15 is 0 Å². The predicted octanol–water partition coefficient (Wildman–Crippen LogP) is 7.94. The van der Waals surface area contributed by atoms with E-state index in [2.05, 4.69) is 55.1 Å². The molecule has 0 saturated heterocycles. The lowest BCUT2D eigenvalue weighted by Crippen LogP contribution is -2.07. The van der Waals surface area contributed by atoms with E-state index in [-0.39, 0.29) is 0 Å². The van der Waals surface area contributed by atoms with E-state index in [9.17, 15) is 5.26 Å². The zero-order chi connectivity index (χ0) is 31.0. The third-order valence-electron chi connectivity index (χ3n) is 9.77. The van der Waals surface area contributed by atoms with Gasteiger partial charge < -0.3 is 19.8 Å². The Morgan fingerprint density at radius 3 is 2.39 bits per heavy atom. The van der Waals surface area contributed by atoms with Crippen LogP contribution in [0, 0.1) is 24.2 Å². The number of para-hydroxylation sites is 1. The number of nitrogens with zero attached hydrogens (tertiary/aromatic N) is 8. The van der Waals surface area contributed by atoms with Crippen molar-refractivity contribution in [1.82, 2.24) is 34.1 Å². The van der Waals surface area contributed by atoms with Crippen LogP contribution < -0.4 is 10.6 Å². The summed E-state index contributed by atoms with van der Waals surface area (Å²) in [5, 5.41) is 18.4. The highest BCUT2D eigenvalue weighted by Gasteiger charge is 2.30. The fourth-order valence-corrected chi connectivity index (χ4v) is 7.48. The number of hydrogen-bond donors (Lipinski definition) is 2. The molecule has 2 atom stereocenters. The highest BCUT2D eigenvalue weighted by Crippen LogP contribution is 2.41. The van der Waals surface area contributed by atoms with Crippen molar-refractivity contribution in [2.24, 2.45) is 5.92 Å². The first-order valence-electron chi connectivity index (χ1n) is 16.3. The van der Waals surface area contributed by atoms with Gasteiger partial charge in [-0.15, -0.1) is 0 Å². The maximum atomic E-state index is 9.56. The molecule has 2 aliphatic carbocycles. The summed E-state index contributed by atoms with van der Waals surface area (Å²) in [4.78, 5) is 23.5. The van der Waals surface area contributed by atoms with Gasteiger partial charge in [0, 0.05) is 53.8 Å². The third kappa shape index (κ3) is 5.32. The largest absolute Gasteiger partial charge is 0.329 e. The SMILES string of the molecule is Cc1cn(C2CCC(Cc3cn(C4CCCC4)c4nc(Nc5ccccc5C#N)ncc34)C2)c2nc(Nc3cccnc3)ncc12. The molecule has 0 amide bonds. The molecule has 46 heavy (non-hydrogen) atoms. The molecular weight excluding hydrogens is 572 g/mol. The van der Waals surface area contributed by atoms with Crippen LogP contribution in [-0.2, 0) is 6.42 Å². The zero-order valence-corrected chi connectivity index (χ0v) is 25.9. The molecule has 2 fully saturated rings. The van der Waals surface area contributed by atoms with Crippen molar-refractivity contribution in [2.75, 3.05) is 10.6 Å². The van der Waals surface area contributed by atoms with E-state index in [1.807, 2.05) is 42.7 Å². The second-order valence-electron chi connectivity index (χ2n) is 12.8. The maximum Gasteiger partial charge on any atom is 0.229 e. The molecule has 1 aromatic carbocycles. The number of aryl methyl sites for hydroxylation is 1. The van der Waals surface area contributed by atoms with Crippen molar-refractivity contribution in [1.29, 1.82) is 5.26 Å². The summed E-state index contributed by atoms with van der Waals surface area (Å²) in [5.41, 5.74) is 6.66. The lowest BCUT2D eigenvalue weighted by molar-refractivity contribution is 0.481. The number of hydrogen-bond acceptors (Lipinski definition) is 8. The minimum absolute atomic E-state index is 0.387. The first-order valence-corrected chi connectivity index (χ1v) is 16.3. The number of benzene rings is 1. The maximum absolute atomic E-state index is 9.56. The van der Waals surface area contributed by atoms with Crippen molar-refractivity contribution in [2.45, 2.75) is 70.4 Å². The summed E-state index contributed by atoms with van der Waals surface area (Å²) in [6.07, 6.45) is 21.3. The monoisotopic (exact) mass is 608 g/mol. The fraction of sp³-hybridized carbons (Fsp3) is 0.333. The summed E-state index contributed by atoms with van der Waals surface area (Å²) in [6.45, 7) is 2.14. The summed E-state index contributed by atoms with van der Waals surface area (Å²) in [5.74, 6) is 1.66. The summed E-state index contributed by atoms with van der Waals surface area (Å²) < 4.78 is 4.78. The van der Waals surface area contributed by atoms with Gasteiger partial charge in [0.15, 0.2) is 0 Å². The van der Waals surface area contributed by atoms with Crippen molar-refractivity contribution in [3.63, 3.8) is 0 Å². The Morgan fingerprint density at radius 2 is 1.59 bits per heavy atom. The highest BCUT2D eigenvalue weighted by molar-refractivity contribution is 5.82. The second-order valence-corrected chi connectivity index (χ2v) is 12.8. The molecule has 10 nitrogen and oxygen atoms in total. The fourth-order valence-electron chi connectivity index (χ4n) is 7.48. The van der Waals surface area contributed by atoms with E-state index in [1.165, 1.54) is 36.8 Å². The quantitative estimate of drug-likeness (QED) is 0.179. The molecular formula is C36H36N10. The van der Waals surface area contributed by atoms with Crippen molar-refractivity contribution < 1.29 is 0 Å². The third-order valence-corrected chi connectivity index (χ3v) is 9.77. The van der Waals surface area contributed by atoms with Gasteiger partial charge >= 0.3 is 0 Å². The molecule has 0 bridgehead atoms. The van der Waals surface area contributed by atoms with E-state index in [4.69, 9.17) is 15.0 Å². The van der Waals surface area contributed by atoms with Crippen LogP contribution in [-0.4, -0.2) is 34.1 Å². The van der Waals surface area contributed by atoms with Crippen LogP contribution >= 0.6 is 0 Å². The van der Waals surface area contributed by atoms with Crippen LogP contribution in [0.3, 0.4) is 0 Å². The number of aromatic nitrogens is 7. The topological polar surface area (TPSA) is 122 Å². The van der Waals surface area contributed by atoms with Crippen LogP contribution in [0.4, 0.5) is 23.3 Å². The number of rotatable bonds is 8. The second kappa shape index (κ2) is 11.9. The molecule has 2 aliphatic rings. The summed E-state index contributed by atoms with van der Waals surface area (Å²) in [7, 11) is 0. The van der Waals surface area contributed by atoms with Gasteiger partial charge in [0.25, 0.3) is 0 Å². The smallest absolute Gasteiger partial charge is 0.229 e. The highest BCUT2D eigenvalue weighted by atomic mass is 15.2. The molecule has 2 unspecified atom stereocenters. The molecule has 5 heterocycles. The van der Waals surface area contributed by atoms with Gasteiger partial charge in [-0.05, 0) is 86.8 Å². The number of fused-ring (bicyclic) bond motifs is 2. The van der Waals surface area contributed by atoms with Gasteiger partial charge in [-0.3, -0.25) is 4.98 Å². The normalized spacial score (nSPS) is 18.3. The van der Waals surface area contributed by atoms with E-state index in [0.717, 1.165) is 59.1 Å². The van der Waals surface area contributed by atoms with Gasteiger partial charge in [-0.2, -0.15) is 15.2 Å². The molecule has 6 aromatic rings. The van der Waals surface area contributed by atoms with E-state index in [0.29, 0.717) is 35.5 Å². The summed E-state index contributed by atoms with van der Waals surface area (Å²) >= 11 is 0. The van der Waals surface area contributed by atoms with Gasteiger partial charge in [-0.25, -0.2) is 9.97 Å². The average molecular weight is 609 g/mol. The van der Waals surface area contributed by atoms with Crippen molar-refractivity contribution in [3.8, 4) is 6.07 Å². The van der Waals surface area contributed by atoms with Crippen LogP contribution in [0.15, 0.2) is 73.6 Å². The van der Waals surface area contributed by atoms with E-state index < -0.39 is 0 Å². The van der Waals surface area contributed by atoms with Gasteiger partial charge in [-0.1, -0.05) is 25.0 Å². The van der Waals surface area contributed by atoms with Gasteiger partial charge in [0.2, 0.25) is 11.9 Å². The minimum Gasteiger partial charge on any atom is -0.329 e. The average Bonchev–Trinajstić information content (AvgIpc) is 3.89. The molecule has 0 aliphatic heterocycles. The minimum atomic E-state index is 0.387. The molecule has 5 aromatic heterocycles. The lowest BCUT2D eigenvalue weighted by Gasteiger charge is -2.15. The molecule has 0 spiro atoms. The predicted molar refractivity (Wildman–Crippen MR) is 179 cm³/mol. The van der Waals surface area contributed by atoms with Crippen LogP contribution in [0.25, 0.3) is 22.1 Å². The Kier molecular flexibility index (Phi) is 7.29. The Hall–Kier alpha value is -5.30. The zero-order valence-electron chi connectivity index (χ0n) is 25.9.